The fourth-order valence-corrected chi connectivity index (χ4v) is 4.69. The number of amides is 2. The Hall–Kier alpha value is -3.66. The molecule has 1 N–H and O–H groups in total. The van der Waals surface area contributed by atoms with Gasteiger partial charge in [0.05, 0.1) is 17.5 Å². The summed E-state index contributed by atoms with van der Waals surface area (Å²) in [4.78, 5) is 27.0. The minimum atomic E-state index is -0.439. The highest BCUT2D eigenvalue weighted by molar-refractivity contribution is 6.07. The molecule has 4 atom stereocenters. The van der Waals surface area contributed by atoms with E-state index in [-0.39, 0.29) is 23.7 Å². The average molecular weight is 394 g/mol. The number of hydrogen-bond donors (Lipinski definition) is 1. The van der Waals surface area contributed by atoms with E-state index in [1.165, 1.54) is 5.01 Å². The van der Waals surface area contributed by atoms with Gasteiger partial charge in [-0.3, -0.25) is 15.0 Å². The first-order valence-electron chi connectivity index (χ1n) is 10.2. The number of para-hydroxylation sites is 1. The van der Waals surface area contributed by atoms with Crippen LogP contribution in [0.5, 0.6) is 0 Å². The lowest BCUT2D eigenvalue weighted by atomic mass is 9.68. The van der Waals surface area contributed by atoms with Gasteiger partial charge in [-0.25, -0.2) is 0 Å². The average Bonchev–Trinajstić information content (AvgIpc) is 3.06. The molecular formula is C26H22N2O2. The second-order valence-corrected chi connectivity index (χ2v) is 7.80. The van der Waals surface area contributed by atoms with Crippen LogP contribution in [-0.2, 0) is 9.59 Å². The largest absolute Gasteiger partial charge is 0.289 e. The number of carbonyl (C=O) groups is 2. The lowest BCUT2D eigenvalue weighted by Gasteiger charge is -2.32. The van der Waals surface area contributed by atoms with E-state index in [0.717, 1.165) is 16.8 Å². The molecule has 0 spiro atoms. The summed E-state index contributed by atoms with van der Waals surface area (Å²) in [6, 6.07) is 29.3. The van der Waals surface area contributed by atoms with Gasteiger partial charge in [0.1, 0.15) is 0 Å². The summed E-state index contributed by atoms with van der Waals surface area (Å²) in [6.45, 7) is 0. The second-order valence-electron chi connectivity index (χ2n) is 7.80. The summed E-state index contributed by atoms with van der Waals surface area (Å²) >= 11 is 0. The number of hydrogen-bond acceptors (Lipinski definition) is 3. The van der Waals surface area contributed by atoms with Gasteiger partial charge < -0.3 is 0 Å². The Morgan fingerprint density at radius 2 is 0.967 bits per heavy atom. The molecule has 0 bridgehead atoms. The normalized spacial score (nSPS) is 25.3. The Labute approximate surface area is 175 Å². The fraction of sp³-hybridized carbons (Fsp3) is 0.154. The van der Waals surface area contributed by atoms with Gasteiger partial charge in [-0.05, 0) is 23.3 Å². The summed E-state index contributed by atoms with van der Waals surface area (Å²) in [5.41, 5.74) is 5.88. The molecule has 2 amide bonds. The highest BCUT2D eigenvalue weighted by Gasteiger charge is 2.55. The van der Waals surface area contributed by atoms with Crippen LogP contribution in [-0.4, -0.2) is 16.8 Å². The quantitative estimate of drug-likeness (QED) is 0.513. The molecule has 1 aliphatic carbocycles. The third kappa shape index (κ3) is 3.11. The van der Waals surface area contributed by atoms with Crippen molar-refractivity contribution in [3.8, 4) is 0 Å². The summed E-state index contributed by atoms with van der Waals surface area (Å²) in [6.07, 6.45) is 4.21. The van der Waals surface area contributed by atoms with Gasteiger partial charge >= 0.3 is 0 Å². The number of nitrogens with one attached hydrogen (secondary N) is 1. The van der Waals surface area contributed by atoms with Crippen molar-refractivity contribution in [3.63, 3.8) is 0 Å². The molecule has 0 unspecified atom stereocenters. The Kier molecular flexibility index (Phi) is 4.68. The first kappa shape index (κ1) is 18.4. The van der Waals surface area contributed by atoms with Crippen molar-refractivity contribution < 1.29 is 9.59 Å². The number of carbonyl (C=O) groups excluding carboxylic acids is 2. The summed E-state index contributed by atoms with van der Waals surface area (Å²) < 4.78 is 0. The summed E-state index contributed by atoms with van der Waals surface area (Å²) in [5.74, 6) is -1.48. The zero-order valence-electron chi connectivity index (χ0n) is 16.4. The molecule has 1 fully saturated rings. The van der Waals surface area contributed by atoms with Crippen LogP contribution in [0.25, 0.3) is 0 Å². The molecule has 5 rings (SSSR count). The number of allylic oxidation sites excluding steroid dienone is 2. The highest BCUT2D eigenvalue weighted by atomic mass is 16.2. The molecule has 3 aromatic carbocycles. The minimum Gasteiger partial charge on any atom is -0.289 e. The molecule has 2 aliphatic rings. The van der Waals surface area contributed by atoms with Crippen molar-refractivity contribution in [2.75, 3.05) is 5.43 Å². The van der Waals surface area contributed by atoms with Crippen LogP contribution in [0.2, 0.25) is 0 Å². The maximum atomic E-state index is 13.5. The number of nitrogens with zero attached hydrogens (tertiary/aromatic N) is 1. The molecule has 148 valence electrons. The van der Waals surface area contributed by atoms with Crippen molar-refractivity contribution in [2.24, 2.45) is 11.8 Å². The van der Waals surface area contributed by atoms with E-state index in [4.69, 9.17) is 0 Å². The van der Waals surface area contributed by atoms with Crippen molar-refractivity contribution in [1.82, 2.24) is 5.01 Å². The predicted molar refractivity (Wildman–Crippen MR) is 116 cm³/mol. The molecule has 4 heteroatoms. The monoisotopic (exact) mass is 394 g/mol. The van der Waals surface area contributed by atoms with Crippen LogP contribution in [0, 0.1) is 11.8 Å². The molecule has 3 aromatic rings. The van der Waals surface area contributed by atoms with Gasteiger partial charge in [-0.1, -0.05) is 91.0 Å². The zero-order valence-corrected chi connectivity index (χ0v) is 16.4. The van der Waals surface area contributed by atoms with E-state index >= 15 is 0 Å². The van der Waals surface area contributed by atoms with E-state index in [9.17, 15) is 9.59 Å². The first-order valence-corrected chi connectivity index (χ1v) is 10.2. The Morgan fingerprint density at radius 3 is 1.40 bits per heavy atom. The topological polar surface area (TPSA) is 49.4 Å². The highest BCUT2D eigenvalue weighted by Crippen LogP contribution is 2.49. The lowest BCUT2D eigenvalue weighted by molar-refractivity contribution is -0.138. The van der Waals surface area contributed by atoms with Crippen LogP contribution >= 0.6 is 0 Å². The van der Waals surface area contributed by atoms with Gasteiger partial charge in [0.2, 0.25) is 0 Å². The Bertz CT molecular complexity index is 1010. The van der Waals surface area contributed by atoms with Gasteiger partial charge in [0, 0.05) is 11.8 Å². The molecule has 0 aromatic heterocycles. The van der Waals surface area contributed by atoms with Crippen LogP contribution in [0.15, 0.2) is 103 Å². The number of fused-ring (bicyclic) bond motifs is 1. The standard InChI is InChI=1S/C26H22N2O2/c29-25-23-21(18-10-4-1-5-11-18)16-17-22(19-12-6-2-7-13-19)24(23)26(30)28(25)27-20-14-8-3-9-15-20/h1-17,21-24,27H/t21-,22-,23-,24+/m0/s1. The van der Waals surface area contributed by atoms with E-state index in [2.05, 4.69) is 17.6 Å². The van der Waals surface area contributed by atoms with E-state index in [0.29, 0.717) is 0 Å². The minimum absolute atomic E-state index is 0.129. The van der Waals surface area contributed by atoms with Gasteiger partial charge in [-0.2, -0.15) is 5.01 Å². The van der Waals surface area contributed by atoms with Crippen molar-refractivity contribution in [1.29, 1.82) is 0 Å². The third-order valence-corrected chi connectivity index (χ3v) is 6.08. The molecule has 1 heterocycles. The molecule has 0 saturated carbocycles. The Morgan fingerprint density at radius 1 is 0.567 bits per heavy atom. The van der Waals surface area contributed by atoms with E-state index in [1.807, 2.05) is 91.0 Å². The van der Waals surface area contributed by atoms with E-state index < -0.39 is 11.8 Å². The SMILES string of the molecule is O=C1[C@@H]2[C@H](C(=O)N1Nc1ccccc1)[C@H](c1ccccc1)C=C[C@H]2c1ccccc1. The van der Waals surface area contributed by atoms with Crippen LogP contribution < -0.4 is 5.43 Å². The smallest absolute Gasteiger partial charge is 0.253 e. The second kappa shape index (κ2) is 7.64. The third-order valence-electron chi connectivity index (χ3n) is 6.08. The molecule has 4 nitrogen and oxygen atoms in total. The summed E-state index contributed by atoms with van der Waals surface area (Å²) in [7, 11) is 0. The lowest BCUT2D eigenvalue weighted by Crippen LogP contribution is -2.37. The van der Waals surface area contributed by atoms with Crippen LogP contribution in [0.3, 0.4) is 0 Å². The van der Waals surface area contributed by atoms with Crippen molar-refractivity contribution in [2.45, 2.75) is 11.8 Å². The first-order chi connectivity index (χ1) is 14.7. The maximum absolute atomic E-state index is 13.5. The molecular weight excluding hydrogens is 372 g/mol. The van der Waals surface area contributed by atoms with Gasteiger partial charge in [0.25, 0.3) is 11.8 Å². The van der Waals surface area contributed by atoms with Crippen molar-refractivity contribution >= 4 is 17.5 Å². The molecule has 1 saturated heterocycles. The number of benzene rings is 3. The molecule has 0 radical (unpaired) electrons. The summed E-state index contributed by atoms with van der Waals surface area (Å²) in [5, 5.41) is 1.23. The number of anilines is 1. The number of rotatable bonds is 4. The van der Waals surface area contributed by atoms with Crippen LogP contribution in [0.1, 0.15) is 23.0 Å². The maximum Gasteiger partial charge on any atom is 0.253 e. The predicted octanol–water partition coefficient (Wildman–Crippen LogP) is 4.75. The van der Waals surface area contributed by atoms with Gasteiger partial charge in [-0.15, -0.1) is 0 Å². The zero-order chi connectivity index (χ0) is 20.5. The Balaban J connectivity index is 1.57. The van der Waals surface area contributed by atoms with Crippen LogP contribution in [0.4, 0.5) is 5.69 Å². The van der Waals surface area contributed by atoms with Gasteiger partial charge in [0.15, 0.2) is 0 Å². The van der Waals surface area contributed by atoms with Crippen molar-refractivity contribution in [3.05, 3.63) is 114 Å². The molecule has 30 heavy (non-hydrogen) atoms. The number of hydrazine groups is 1. The molecule has 1 aliphatic heterocycles. The number of imide groups is 1. The van der Waals surface area contributed by atoms with E-state index in [1.54, 1.807) is 0 Å². The fourth-order valence-electron chi connectivity index (χ4n) is 4.69.